The van der Waals surface area contributed by atoms with Crippen LogP contribution in [-0.2, 0) is 6.54 Å². The number of halogens is 1. The lowest BCUT2D eigenvalue weighted by molar-refractivity contribution is 0.260. The molecule has 8 heteroatoms. The first-order valence-corrected chi connectivity index (χ1v) is 13.8. The molecule has 0 bridgehead atoms. The molecule has 0 aliphatic carbocycles. The second-order valence-electron chi connectivity index (χ2n) is 10.4. The summed E-state index contributed by atoms with van der Waals surface area (Å²) in [7, 11) is -3.04. The average molecular weight is 494 g/mol. The Balaban J connectivity index is 1.61. The molecule has 4 aromatic rings. The number of nitrogen functional groups attached to an aromatic ring is 1. The van der Waals surface area contributed by atoms with E-state index < -0.39 is 8.32 Å². The van der Waals surface area contributed by atoms with Gasteiger partial charge in [-0.25, -0.2) is 4.98 Å². The lowest BCUT2D eigenvalue weighted by Gasteiger charge is -2.43. The maximum Gasteiger partial charge on any atom is 0.258 e. The molecule has 0 spiro atoms. The van der Waals surface area contributed by atoms with Crippen LogP contribution in [0.2, 0.25) is 10.2 Å². The molecule has 178 valence electrons. The number of imidazole rings is 1. The van der Waals surface area contributed by atoms with Crippen molar-refractivity contribution in [3.05, 3.63) is 72.1 Å². The predicted octanol–water partition coefficient (Wildman–Crippen LogP) is 4.40. The summed E-state index contributed by atoms with van der Waals surface area (Å²) in [5, 5.41) is 2.03. The Hall–Kier alpha value is -2.74. The number of aromatic nitrogens is 4. The van der Waals surface area contributed by atoms with Gasteiger partial charge in [-0.2, -0.15) is 9.97 Å². The molecule has 0 saturated heterocycles. The van der Waals surface area contributed by atoms with Crippen molar-refractivity contribution in [2.75, 3.05) is 5.73 Å². The number of nitrogens with zero attached hydrogens (tertiary/aromatic N) is 4. The SMILES string of the molecule is CC(C)(CCC(C)(C)[Si](O)(c1ccccc1)c1ccccc1)Cn1cnc2c(Cl)nc(N)nc21. The highest BCUT2D eigenvalue weighted by Crippen LogP contribution is 2.43. The summed E-state index contributed by atoms with van der Waals surface area (Å²) < 4.78 is 1.99. The van der Waals surface area contributed by atoms with Gasteiger partial charge in [0, 0.05) is 6.54 Å². The first-order valence-electron chi connectivity index (χ1n) is 11.5. The van der Waals surface area contributed by atoms with Crippen LogP contribution in [0.1, 0.15) is 40.5 Å². The highest BCUT2D eigenvalue weighted by molar-refractivity contribution is 6.98. The minimum absolute atomic E-state index is 0.0836. The van der Waals surface area contributed by atoms with Crippen LogP contribution in [0.3, 0.4) is 0 Å². The van der Waals surface area contributed by atoms with Crippen LogP contribution >= 0.6 is 11.6 Å². The van der Waals surface area contributed by atoms with Gasteiger partial charge in [0.15, 0.2) is 10.8 Å². The Morgan fingerprint density at radius 1 is 0.912 bits per heavy atom. The van der Waals surface area contributed by atoms with E-state index in [4.69, 9.17) is 17.3 Å². The van der Waals surface area contributed by atoms with Crippen LogP contribution < -0.4 is 16.1 Å². The van der Waals surface area contributed by atoms with E-state index in [1.54, 1.807) is 6.33 Å². The van der Waals surface area contributed by atoms with Crippen LogP contribution in [0, 0.1) is 5.41 Å². The number of benzene rings is 2. The Morgan fingerprint density at radius 2 is 1.47 bits per heavy atom. The monoisotopic (exact) mass is 493 g/mol. The standard InChI is InChI=1S/C26H32ClN5OSi/c1-25(2,17-32-18-29-21-22(27)30-24(28)31-23(21)32)15-16-26(3,4)34(33,19-11-7-5-8-12-19)20-13-9-6-10-14-20/h5-14,18,33H,15-17H2,1-4H3,(H2,28,30,31). The van der Waals surface area contributed by atoms with Gasteiger partial charge in [0.05, 0.1) is 6.33 Å². The summed E-state index contributed by atoms with van der Waals surface area (Å²) in [5.74, 6) is 0.139. The summed E-state index contributed by atoms with van der Waals surface area (Å²) in [4.78, 5) is 25.2. The number of nitrogens with two attached hydrogens (primary N) is 1. The molecule has 4 rings (SSSR count). The highest BCUT2D eigenvalue weighted by atomic mass is 35.5. The van der Waals surface area contributed by atoms with Gasteiger partial charge in [0.2, 0.25) is 5.95 Å². The van der Waals surface area contributed by atoms with Crippen molar-refractivity contribution in [2.45, 2.75) is 52.1 Å². The Bertz CT molecular complexity index is 1240. The minimum atomic E-state index is -3.04. The van der Waals surface area contributed by atoms with E-state index in [1.807, 2.05) is 41.0 Å². The zero-order valence-corrected chi connectivity index (χ0v) is 21.9. The van der Waals surface area contributed by atoms with Crippen LogP contribution in [0.5, 0.6) is 0 Å². The molecule has 2 aromatic heterocycles. The molecule has 0 fully saturated rings. The van der Waals surface area contributed by atoms with Crippen molar-refractivity contribution in [3.8, 4) is 0 Å². The van der Waals surface area contributed by atoms with Crippen molar-refractivity contribution in [2.24, 2.45) is 5.41 Å². The van der Waals surface area contributed by atoms with Crippen molar-refractivity contribution < 1.29 is 4.80 Å². The van der Waals surface area contributed by atoms with Crippen LogP contribution in [0.25, 0.3) is 11.2 Å². The second kappa shape index (κ2) is 9.13. The molecule has 3 N–H and O–H groups in total. The third kappa shape index (κ3) is 4.60. The first-order chi connectivity index (χ1) is 16.0. The summed E-state index contributed by atoms with van der Waals surface area (Å²) >= 11 is 6.20. The molecule has 0 radical (unpaired) electrons. The van der Waals surface area contributed by atoms with E-state index in [2.05, 4.69) is 66.9 Å². The molecule has 0 atom stereocenters. The zero-order valence-electron chi connectivity index (χ0n) is 20.2. The molecular formula is C26H32ClN5OSi. The minimum Gasteiger partial charge on any atom is -0.424 e. The third-order valence-electron chi connectivity index (χ3n) is 6.83. The summed E-state index contributed by atoms with van der Waals surface area (Å²) in [6, 6.07) is 20.3. The van der Waals surface area contributed by atoms with E-state index in [-0.39, 0.29) is 21.6 Å². The molecule has 2 aromatic carbocycles. The molecule has 0 unspecified atom stereocenters. The van der Waals surface area contributed by atoms with Crippen molar-refractivity contribution >= 4 is 47.4 Å². The third-order valence-corrected chi connectivity index (χ3v) is 11.6. The van der Waals surface area contributed by atoms with E-state index in [0.29, 0.717) is 17.7 Å². The number of fused-ring (bicyclic) bond motifs is 1. The molecule has 0 amide bonds. The van der Waals surface area contributed by atoms with E-state index in [0.717, 1.165) is 23.2 Å². The maximum absolute atomic E-state index is 12.4. The van der Waals surface area contributed by atoms with Gasteiger partial charge in [-0.1, -0.05) is 100.0 Å². The lowest BCUT2D eigenvalue weighted by Crippen LogP contribution is -2.65. The summed E-state index contributed by atoms with van der Waals surface area (Å²) in [6.45, 7) is 9.56. The lowest BCUT2D eigenvalue weighted by atomic mass is 9.85. The Kier molecular flexibility index (Phi) is 6.55. The normalized spacial score (nSPS) is 12.9. The van der Waals surface area contributed by atoms with Gasteiger partial charge in [0.25, 0.3) is 8.32 Å². The van der Waals surface area contributed by atoms with Crippen molar-refractivity contribution in [1.29, 1.82) is 0 Å². The first kappa shape index (κ1) is 24.4. The predicted molar refractivity (Wildman–Crippen MR) is 142 cm³/mol. The van der Waals surface area contributed by atoms with Crippen LogP contribution in [0.4, 0.5) is 5.95 Å². The van der Waals surface area contributed by atoms with E-state index in [9.17, 15) is 4.80 Å². The molecule has 0 aliphatic heterocycles. The number of hydrogen-bond acceptors (Lipinski definition) is 5. The molecule has 6 nitrogen and oxygen atoms in total. The number of anilines is 1. The maximum atomic E-state index is 12.4. The Labute approximate surface area is 207 Å². The molecule has 0 aliphatic rings. The average Bonchev–Trinajstić information content (AvgIpc) is 3.20. The molecule has 2 heterocycles. The largest absolute Gasteiger partial charge is 0.424 e. The smallest absolute Gasteiger partial charge is 0.258 e. The van der Waals surface area contributed by atoms with Gasteiger partial charge in [0.1, 0.15) is 5.52 Å². The fourth-order valence-electron chi connectivity index (χ4n) is 4.72. The van der Waals surface area contributed by atoms with Gasteiger partial charge in [-0.15, -0.1) is 0 Å². The number of rotatable bonds is 8. The summed E-state index contributed by atoms with van der Waals surface area (Å²) in [6.07, 6.45) is 3.51. The Morgan fingerprint density at radius 3 is 2.03 bits per heavy atom. The van der Waals surface area contributed by atoms with Gasteiger partial charge < -0.3 is 15.1 Å². The second-order valence-corrected chi connectivity index (χ2v) is 14.7. The highest BCUT2D eigenvalue weighted by Gasteiger charge is 2.50. The summed E-state index contributed by atoms with van der Waals surface area (Å²) in [5.41, 5.74) is 6.94. The van der Waals surface area contributed by atoms with Gasteiger partial charge in [-0.05, 0) is 33.7 Å². The quantitative estimate of drug-likeness (QED) is 0.280. The van der Waals surface area contributed by atoms with Crippen molar-refractivity contribution in [1.82, 2.24) is 19.5 Å². The van der Waals surface area contributed by atoms with Crippen LogP contribution in [0.15, 0.2) is 67.0 Å². The fraction of sp³-hybridized carbons (Fsp3) is 0.346. The topological polar surface area (TPSA) is 89.8 Å². The molecular weight excluding hydrogens is 462 g/mol. The van der Waals surface area contributed by atoms with E-state index in [1.165, 1.54) is 0 Å². The van der Waals surface area contributed by atoms with Gasteiger partial charge in [-0.3, -0.25) is 0 Å². The van der Waals surface area contributed by atoms with E-state index >= 15 is 0 Å². The van der Waals surface area contributed by atoms with Crippen LogP contribution in [-0.4, -0.2) is 32.6 Å². The molecule has 34 heavy (non-hydrogen) atoms. The van der Waals surface area contributed by atoms with Gasteiger partial charge >= 0.3 is 0 Å². The zero-order chi connectivity index (χ0) is 24.6. The molecule has 0 saturated carbocycles. The number of hydrogen-bond donors (Lipinski definition) is 2. The van der Waals surface area contributed by atoms with Crippen molar-refractivity contribution in [3.63, 3.8) is 0 Å². The fourth-order valence-corrected chi connectivity index (χ4v) is 8.67.